The van der Waals surface area contributed by atoms with Gasteiger partial charge in [0.15, 0.2) is 0 Å². The number of hydrazone groups is 2. The lowest BCUT2D eigenvalue weighted by Gasteiger charge is -2.30. The van der Waals surface area contributed by atoms with E-state index in [2.05, 4.69) is 22.1 Å². The average Bonchev–Trinajstić information content (AvgIpc) is 2.67. The second kappa shape index (κ2) is 10.7. The van der Waals surface area contributed by atoms with Gasteiger partial charge in [-0.05, 0) is 37.6 Å². The molecule has 0 amide bonds. The van der Waals surface area contributed by atoms with E-state index in [0.29, 0.717) is 5.71 Å². The van der Waals surface area contributed by atoms with Crippen molar-refractivity contribution in [1.82, 2.24) is 15.3 Å². The summed E-state index contributed by atoms with van der Waals surface area (Å²) in [6, 6.07) is 6.10. The number of ether oxygens (including phenoxy) is 1. The normalized spacial score (nSPS) is 13.3. The van der Waals surface area contributed by atoms with Crippen molar-refractivity contribution < 1.29 is 13.9 Å². The summed E-state index contributed by atoms with van der Waals surface area (Å²) in [5.41, 5.74) is 1.75. The lowest BCUT2D eigenvalue weighted by molar-refractivity contribution is -0.136. The summed E-state index contributed by atoms with van der Waals surface area (Å²) in [6.07, 6.45) is 4.21. The number of nitrogens with zero attached hydrogens (tertiary/aromatic N) is 4. The van der Waals surface area contributed by atoms with Gasteiger partial charge in [-0.3, -0.25) is 5.01 Å². The zero-order valence-corrected chi connectivity index (χ0v) is 16.3. The highest BCUT2D eigenvalue weighted by molar-refractivity contribution is 5.98. The van der Waals surface area contributed by atoms with Crippen LogP contribution in [0.3, 0.4) is 0 Å². The van der Waals surface area contributed by atoms with Crippen molar-refractivity contribution in [2.75, 3.05) is 21.2 Å². The predicted molar refractivity (Wildman–Crippen MR) is 106 cm³/mol. The molecule has 1 aromatic rings. The Labute approximate surface area is 159 Å². The Hall–Kier alpha value is -3.16. The molecule has 1 aromatic carbocycles. The fraction of sp³-hybridized carbons (Fsp3) is 0.316. The fourth-order valence-corrected chi connectivity index (χ4v) is 2.06. The van der Waals surface area contributed by atoms with Crippen LogP contribution < -0.4 is 5.32 Å². The first-order valence-corrected chi connectivity index (χ1v) is 8.29. The smallest absolute Gasteiger partial charge is 0.355 e. The van der Waals surface area contributed by atoms with Crippen molar-refractivity contribution in [3.8, 4) is 0 Å². The molecule has 8 heteroatoms. The van der Waals surface area contributed by atoms with Gasteiger partial charge in [0, 0.05) is 20.3 Å². The SMILES string of the molecule is C=C/C=N\N(/C=C(\NC)C(=O)OC)C(C)N(C)/N=C(\C)c1ccc(F)cc1. The van der Waals surface area contributed by atoms with Crippen molar-refractivity contribution in [2.24, 2.45) is 10.2 Å². The number of hydrogen-bond donors (Lipinski definition) is 1. The number of hydrogen-bond acceptors (Lipinski definition) is 7. The van der Waals surface area contributed by atoms with E-state index in [1.165, 1.54) is 37.7 Å². The molecular weight excluding hydrogens is 349 g/mol. The summed E-state index contributed by atoms with van der Waals surface area (Å²) in [6.45, 7) is 7.30. The molecule has 0 saturated carbocycles. The Kier molecular flexibility index (Phi) is 8.71. The standard InChI is InChI=1S/C19H26FN5O2/c1-7-12-22-25(13-18(21-4)19(26)27-6)15(3)24(5)23-14(2)16-8-10-17(20)11-9-16/h7-13,15,21H,1H2,2-6H3/b18-13-,22-12-,23-14+. The van der Waals surface area contributed by atoms with Gasteiger partial charge < -0.3 is 10.1 Å². The molecule has 0 spiro atoms. The van der Waals surface area contributed by atoms with Gasteiger partial charge in [0.1, 0.15) is 17.7 Å². The van der Waals surface area contributed by atoms with Gasteiger partial charge in [-0.1, -0.05) is 18.7 Å². The van der Waals surface area contributed by atoms with Crippen LogP contribution in [-0.2, 0) is 9.53 Å². The molecule has 1 atom stereocenters. The number of carbonyl (C=O) groups excluding carboxylic acids is 1. The van der Waals surface area contributed by atoms with Gasteiger partial charge in [0.05, 0.1) is 19.0 Å². The molecule has 0 heterocycles. The molecule has 0 bridgehead atoms. The maximum absolute atomic E-state index is 13.1. The van der Waals surface area contributed by atoms with Crippen LogP contribution in [0.25, 0.3) is 0 Å². The van der Waals surface area contributed by atoms with Crippen LogP contribution in [0.1, 0.15) is 19.4 Å². The summed E-state index contributed by atoms with van der Waals surface area (Å²) in [7, 11) is 4.69. The van der Waals surface area contributed by atoms with E-state index in [1.54, 1.807) is 36.2 Å². The lowest BCUT2D eigenvalue weighted by atomic mass is 10.1. The Morgan fingerprint density at radius 1 is 1.37 bits per heavy atom. The summed E-state index contributed by atoms with van der Waals surface area (Å²) >= 11 is 0. The van der Waals surface area contributed by atoms with Gasteiger partial charge in [-0.25, -0.2) is 14.2 Å². The molecule has 0 saturated heterocycles. The highest BCUT2D eigenvalue weighted by atomic mass is 19.1. The molecule has 7 nitrogen and oxygen atoms in total. The Bertz CT molecular complexity index is 728. The third kappa shape index (κ3) is 6.58. The van der Waals surface area contributed by atoms with Crippen molar-refractivity contribution in [1.29, 1.82) is 0 Å². The number of likely N-dealkylation sites (N-methyl/N-ethyl adjacent to an activating group) is 1. The molecule has 0 aliphatic heterocycles. The van der Waals surface area contributed by atoms with Gasteiger partial charge in [0.2, 0.25) is 0 Å². The van der Waals surface area contributed by atoms with Crippen LogP contribution >= 0.6 is 0 Å². The van der Waals surface area contributed by atoms with E-state index in [1.807, 2.05) is 13.8 Å². The molecule has 1 N–H and O–H groups in total. The Balaban J connectivity index is 3.10. The predicted octanol–water partition coefficient (Wildman–Crippen LogP) is 2.54. The molecule has 0 radical (unpaired) electrons. The van der Waals surface area contributed by atoms with E-state index in [9.17, 15) is 9.18 Å². The number of nitrogens with one attached hydrogen (secondary N) is 1. The van der Waals surface area contributed by atoms with Gasteiger partial charge in [-0.15, -0.1) is 0 Å². The topological polar surface area (TPSA) is 69.5 Å². The maximum Gasteiger partial charge on any atom is 0.355 e. The van der Waals surface area contributed by atoms with Crippen LogP contribution in [-0.4, -0.2) is 55.3 Å². The number of benzene rings is 1. The first-order valence-electron chi connectivity index (χ1n) is 8.29. The van der Waals surface area contributed by atoms with E-state index in [-0.39, 0.29) is 17.7 Å². The molecule has 0 fully saturated rings. The number of carbonyl (C=O) groups is 1. The third-order valence-electron chi connectivity index (χ3n) is 3.73. The first kappa shape index (κ1) is 21.9. The molecule has 0 aromatic heterocycles. The number of halogens is 1. The van der Waals surface area contributed by atoms with Crippen molar-refractivity contribution in [2.45, 2.75) is 20.0 Å². The molecular formula is C19H26FN5O2. The molecule has 27 heavy (non-hydrogen) atoms. The van der Waals surface area contributed by atoms with E-state index in [0.717, 1.165) is 5.56 Å². The maximum atomic E-state index is 13.1. The van der Waals surface area contributed by atoms with E-state index >= 15 is 0 Å². The number of methoxy groups -OCH3 is 1. The minimum Gasteiger partial charge on any atom is -0.464 e. The minimum atomic E-state index is -0.517. The summed E-state index contributed by atoms with van der Waals surface area (Å²) in [5.74, 6) is -0.817. The van der Waals surface area contributed by atoms with Gasteiger partial charge in [-0.2, -0.15) is 10.2 Å². The fourth-order valence-electron chi connectivity index (χ4n) is 2.06. The highest BCUT2D eigenvalue weighted by Gasteiger charge is 2.17. The molecule has 1 rings (SSSR count). The quantitative estimate of drug-likeness (QED) is 0.236. The zero-order chi connectivity index (χ0) is 20.4. The van der Waals surface area contributed by atoms with Crippen LogP contribution in [0.4, 0.5) is 4.39 Å². The second-order valence-corrected chi connectivity index (χ2v) is 5.56. The van der Waals surface area contributed by atoms with E-state index < -0.39 is 5.97 Å². The van der Waals surface area contributed by atoms with Crippen LogP contribution in [0.5, 0.6) is 0 Å². The monoisotopic (exact) mass is 375 g/mol. The average molecular weight is 375 g/mol. The largest absolute Gasteiger partial charge is 0.464 e. The molecule has 0 aliphatic rings. The van der Waals surface area contributed by atoms with Crippen LogP contribution in [0, 0.1) is 5.82 Å². The van der Waals surface area contributed by atoms with Gasteiger partial charge in [0.25, 0.3) is 0 Å². The highest BCUT2D eigenvalue weighted by Crippen LogP contribution is 2.11. The minimum absolute atomic E-state index is 0.234. The van der Waals surface area contributed by atoms with Crippen molar-refractivity contribution in [3.05, 3.63) is 60.2 Å². The molecule has 146 valence electrons. The lowest BCUT2D eigenvalue weighted by Crippen LogP contribution is -2.38. The number of rotatable bonds is 9. The Morgan fingerprint density at radius 2 is 2.00 bits per heavy atom. The molecule has 0 aliphatic carbocycles. The van der Waals surface area contributed by atoms with Crippen molar-refractivity contribution >= 4 is 17.9 Å². The third-order valence-corrected chi connectivity index (χ3v) is 3.73. The summed E-state index contributed by atoms with van der Waals surface area (Å²) in [4.78, 5) is 11.8. The summed E-state index contributed by atoms with van der Waals surface area (Å²) in [5, 5.41) is 14.8. The number of allylic oxidation sites excluding steroid dienone is 1. The van der Waals surface area contributed by atoms with Crippen molar-refractivity contribution in [3.63, 3.8) is 0 Å². The van der Waals surface area contributed by atoms with E-state index in [4.69, 9.17) is 4.74 Å². The second-order valence-electron chi connectivity index (χ2n) is 5.56. The summed E-state index contributed by atoms with van der Waals surface area (Å²) < 4.78 is 17.8. The first-order chi connectivity index (χ1) is 12.8. The van der Waals surface area contributed by atoms with Crippen LogP contribution in [0.15, 0.2) is 59.0 Å². The number of esters is 1. The Morgan fingerprint density at radius 3 is 2.52 bits per heavy atom. The van der Waals surface area contributed by atoms with Gasteiger partial charge >= 0.3 is 5.97 Å². The van der Waals surface area contributed by atoms with Crippen LogP contribution in [0.2, 0.25) is 0 Å². The molecule has 1 unspecified atom stereocenters. The zero-order valence-electron chi connectivity index (χ0n) is 16.3.